The highest BCUT2D eigenvalue weighted by Gasteiger charge is 2.24. The van der Waals surface area contributed by atoms with Crippen molar-refractivity contribution in [3.05, 3.63) is 30.1 Å². The average molecular weight is 252 g/mol. The van der Waals surface area contributed by atoms with Crippen molar-refractivity contribution in [2.75, 3.05) is 24.6 Å². The van der Waals surface area contributed by atoms with Crippen molar-refractivity contribution in [3.63, 3.8) is 0 Å². The zero-order valence-corrected chi connectivity index (χ0v) is 10.6. The van der Waals surface area contributed by atoms with Crippen LogP contribution in [0.1, 0.15) is 19.3 Å². The maximum atomic E-state index is 13.2. The number of hydrogen-bond donors (Lipinski definition) is 2. The van der Waals surface area contributed by atoms with E-state index in [0.717, 1.165) is 38.0 Å². The Morgan fingerprint density at radius 1 is 1.39 bits per heavy atom. The number of halogens is 1. The maximum Gasteiger partial charge on any atom is 0.125 e. The summed E-state index contributed by atoms with van der Waals surface area (Å²) in [6, 6.07) is 6.79. The number of aliphatic hydroxyl groups is 1. The van der Waals surface area contributed by atoms with Crippen LogP contribution in [-0.4, -0.2) is 30.8 Å². The molecule has 3 nitrogen and oxygen atoms in total. The predicted octanol–water partition coefficient (Wildman–Crippen LogP) is 1.75. The fourth-order valence-corrected chi connectivity index (χ4v) is 2.72. The molecule has 100 valence electrons. The van der Waals surface area contributed by atoms with Gasteiger partial charge in [0.15, 0.2) is 0 Å². The van der Waals surface area contributed by atoms with Crippen molar-refractivity contribution in [1.29, 1.82) is 0 Å². The zero-order valence-electron chi connectivity index (χ0n) is 10.6. The van der Waals surface area contributed by atoms with Crippen LogP contribution in [-0.2, 0) is 0 Å². The van der Waals surface area contributed by atoms with Gasteiger partial charge in [0.2, 0.25) is 0 Å². The van der Waals surface area contributed by atoms with Gasteiger partial charge in [0.1, 0.15) is 5.82 Å². The van der Waals surface area contributed by atoms with E-state index in [2.05, 4.69) is 4.90 Å². The normalized spacial score (nSPS) is 24.3. The van der Waals surface area contributed by atoms with Gasteiger partial charge in [-0.25, -0.2) is 4.39 Å². The molecule has 0 aliphatic carbocycles. The molecule has 2 atom stereocenters. The van der Waals surface area contributed by atoms with Crippen molar-refractivity contribution in [2.45, 2.75) is 25.3 Å². The molecule has 4 heteroatoms. The van der Waals surface area contributed by atoms with Crippen molar-refractivity contribution < 1.29 is 9.50 Å². The number of benzene rings is 1. The molecule has 2 rings (SSSR count). The topological polar surface area (TPSA) is 49.5 Å². The molecule has 0 aromatic heterocycles. The summed E-state index contributed by atoms with van der Waals surface area (Å²) in [5.74, 6) is 0.280. The molecule has 0 saturated carbocycles. The second-order valence-electron chi connectivity index (χ2n) is 5.11. The Balaban J connectivity index is 2.03. The highest BCUT2D eigenvalue weighted by Crippen LogP contribution is 2.25. The average Bonchev–Trinajstić information content (AvgIpc) is 2.36. The van der Waals surface area contributed by atoms with Crippen LogP contribution < -0.4 is 10.6 Å². The molecular formula is C14H21FN2O. The van der Waals surface area contributed by atoms with Crippen molar-refractivity contribution in [3.8, 4) is 0 Å². The van der Waals surface area contributed by atoms with E-state index in [9.17, 15) is 4.39 Å². The first-order chi connectivity index (χ1) is 8.69. The summed E-state index contributed by atoms with van der Waals surface area (Å²) in [6.07, 6.45) is 2.79. The van der Waals surface area contributed by atoms with E-state index < -0.39 is 0 Å². The number of rotatable bonds is 4. The summed E-state index contributed by atoms with van der Waals surface area (Å²) in [7, 11) is 0. The van der Waals surface area contributed by atoms with Crippen LogP contribution in [0.2, 0.25) is 0 Å². The first kappa shape index (κ1) is 13.3. The van der Waals surface area contributed by atoms with Crippen molar-refractivity contribution >= 4 is 5.69 Å². The molecule has 1 aromatic rings. The molecule has 0 amide bonds. The van der Waals surface area contributed by atoms with Gasteiger partial charge in [-0.3, -0.25) is 0 Å². The molecule has 1 fully saturated rings. The molecule has 2 unspecified atom stereocenters. The van der Waals surface area contributed by atoms with E-state index in [1.807, 2.05) is 6.07 Å². The van der Waals surface area contributed by atoms with Crippen molar-refractivity contribution in [1.82, 2.24) is 0 Å². The van der Waals surface area contributed by atoms with Crippen LogP contribution in [0.4, 0.5) is 10.1 Å². The quantitative estimate of drug-likeness (QED) is 0.858. The Labute approximate surface area is 107 Å². The lowest BCUT2D eigenvalue weighted by molar-refractivity contribution is 0.259. The Kier molecular flexibility index (Phi) is 4.55. The third-order valence-corrected chi connectivity index (χ3v) is 3.51. The van der Waals surface area contributed by atoms with Gasteiger partial charge >= 0.3 is 0 Å². The molecule has 1 aromatic carbocycles. The molecule has 1 heterocycles. The highest BCUT2D eigenvalue weighted by molar-refractivity contribution is 5.47. The molecule has 0 radical (unpaired) electrons. The molecule has 1 aliphatic heterocycles. The summed E-state index contributed by atoms with van der Waals surface area (Å²) in [6.45, 7) is 1.90. The number of hydrogen-bond acceptors (Lipinski definition) is 3. The highest BCUT2D eigenvalue weighted by atomic mass is 19.1. The minimum Gasteiger partial charge on any atom is -0.396 e. The minimum absolute atomic E-state index is 0.130. The first-order valence-electron chi connectivity index (χ1n) is 6.56. The SMILES string of the molecule is NC1CC(CCCO)CN(c2cccc(F)c2)C1. The number of anilines is 1. The zero-order chi connectivity index (χ0) is 13.0. The maximum absolute atomic E-state index is 13.2. The molecule has 0 bridgehead atoms. The van der Waals surface area contributed by atoms with Gasteiger partial charge in [-0.1, -0.05) is 6.07 Å². The minimum atomic E-state index is -0.210. The van der Waals surface area contributed by atoms with Crippen LogP contribution >= 0.6 is 0 Å². The van der Waals surface area contributed by atoms with E-state index in [1.54, 1.807) is 12.1 Å². The van der Waals surface area contributed by atoms with E-state index in [0.29, 0.717) is 5.92 Å². The van der Waals surface area contributed by atoms with Gasteiger partial charge < -0.3 is 15.7 Å². The third-order valence-electron chi connectivity index (χ3n) is 3.51. The summed E-state index contributed by atoms with van der Waals surface area (Å²) < 4.78 is 13.2. The smallest absolute Gasteiger partial charge is 0.125 e. The van der Waals surface area contributed by atoms with Gasteiger partial charge in [0.25, 0.3) is 0 Å². The van der Waals surface area contributed by atoms with E-state index in [-0.39, 0.29) is 18.5 Å². The predicted molar refractivity (Wildman–Crippen MR) is 71.0 cm³/mol. The molecule has 1 aliphatic rings. The third kappa shape index (κ3) is 3.43. The summed E-state index contributed by atoms with van der Waals surface area (Å²) in [5, 5.41) is 8.89. The van der Waals surface area contributed by atoms with Crippen LogP contribution in [0, 0.1) is 11.7 Å². The van der Waals surface area contributed by atoms with Crippen LogP contribution in [0.5, 0.6) is 0 Å². The second kappa shape index (κ2) is 6.16. The molecule has 0 spiro atoms. The second-order valence-corrected chi connectivity index (χ2v) is 5.11. The lowest BCUT2D eigenvalue weighted by Crippen LogP contribution is -2.47. The fourth-order valence-electron chi connectivity index (χ4n) is 2.72. The molecule has 3 N–H and O–H groups in total. The Bertz CT molecular complexity index is 386. The molecular weight excluding hydrogens is 231 g/mol. The lowest BCUT2D eigenvalue weighted by Gasteiger charge is -2.38. The van der Waals surface area contributed by atoms with Crippen LogP contribution in [0.25, 0.3) is 0 Å². The molecule has 18 heavy (non-hydrogen) atoms. The number of nitrogens with zero attached hydrogens (tertiary/aromatic N) is 1. The standard InChI is InChI=1S/C14H21FN2O/c15-12-4-1-5-14(8-12)17-9-11(3-2-6-18)7-13(16)10-17/h1,4-5,8,11,13,18H,2-3,6-7,9-10,16H2. The van der Waals surface area contributed by atoms with Crippen LogP contribution in [0.15, 0.2) is 24.3 Å². The Morgan fingerprint density at radius 2 is 2.22 bits per heavy atom. The van der Waals surface area contributed by atoms with Gasteiger partial charge in [-0.15, -0.1) is 0 Å². The number of nitrogens with two attached hydrogens (primary N) is 1. The van der Waals surface area contributed by atoms with E-state index >= 15 is 0 Å². The van der Waals surface area contributed by atoms with Crippen LogP contribution in [0.3, 0.4) is 0 Å². The first-order valence-corrected chi connectivity index (χ1v) is 6.56. The Morgan fingerprint density at radius 3 is 2.94 bits per heavy atom. The lowest BCUT2D eigenvalue weighted by atomic mass is 9.90. The van der Waals surface area contributed by atoms with Gasteiger partial charge in [-0.05, 0) is 43.4 Å². The van der Waals surface area contributed by atoms with Gasteiger partial charge in [0.05, 0.1) is 0 Å². The van der Waals surface area contributed by atoms with Crippen molar-refractivity contribution in [2.24, 2.45) is 11.7 Å². The van der Waals surface area contributed by atoms with E-state index in [4.69, 9.17) is 10.8 Å². The summed E-state index contributed by atoms with van der Waals surface area (Å²) in [5.41, 5.74) is 6.97. The molecule has 1 saturated heterocycles. The largest absolute Gasteiger partial charge is 0.396 e. The summed E-state index contributed by atoms with van der Waals surface area (Å²) >= 11 is 0. The monoisotopic (exact) mass is 252 g/mol. The fraction of sp³-hybridized carbons (Fsp3) is 0.571. The van der Waals surface area contributed by atoms with Gasteiger partial charge in [-0.2, -0.15) is 0 Å². The Hall–Kier alpha value is -1.13. The van der Waals surface area contributed by atoms with Gasteiger partial charge in [0, 0.05) is 31.4 Å². The number of aliphatic hydroxyl groups excluding tert-OH is 1. The van der Waals surface area contributed by atoms with E-state index in [1.165, 1.54) is 6.07 Å². The number of piperidine rings is 1. The summed E-state index contributed by atoms with van der Waals surface area (Å²) in [4.78, 5) is 2.15.